The van der Waals surface area contributed by atoms with E-state index in [-0.39, 0.29) is 12.5 Å². The number of benzene rings is 2. The molecule has 1 N–H and O–H groups in total. The van der Waals surface area contributed by atoms with Crippen molar-refractivity contribution in [1.82, 2.24) is 14.9 Å². The summed E-state index contributed by atoms with van der Waals surface area (Å²) in [7, 11) is 1.62. The molecule has 0 radical (unpaired) electrons. The Kier molecular flexibility index (Phi) is 7.68. The number of ether oxygens (including phenoxy) is 1. The van der Waals surface area contributed by atoms with Gasteiger partial charge in [-0.1, -0.05) is 61.8 Å². The quantitative estimate of drug-likeness (QED) is 0.284. The van der Waals surface area contributed by atoms with E-state index < -0.39 is 11.9 Å². The highest BCUT2D eigenvalue weighted by Crippen LogP contribution is 2.42. The molecule has 1 aliphatic heterocycles. The summed E-state index contributed by atoms with van der Waals surface area (Å²) in [4.78, 5) is 25.1. The van der Waals surface area contributed by atoms with Gasteiger partial charge >= 0.3 is 6.09 Å². The van der Waals surface area contributed by atoms with E-state index in [1.165, 1.54) is 11.0 Å². The number of halogens is 2. The van der Waals surface area contributed by atoms with Crippen LogP contribution in [-0.4, -0.2) is 59.4 Å². The number of methoxy groups -OCH3 is 1. The van der Waals surface area contributed by atoms with Gasteiger partial charge in [-0.15, -0.1) is 0 Å². The average Bonchev–Trinajstić information content (AvgIpc) is 2.93. The first kappa shape index (κ1) is 26.8. The minimum atomic E-state index is -0.938. The van der Waals surface area contributed by atoms with Gasteiger partial charge in [0.05, 0.1) is 28.5 Å². The molecule has 0 spiro atoms. The van der Waals surface area contributed by atoms with Crippen molar-refractivity contribution >= 4 is 34.4 Å². The molecule has 202 valence electrons. The van der Waals surface area contributed by atoms with Gasteiger partial charge in [0, 0.05) is 49.8 Å². The molecule has 1 aliphatic rings. The molecular formula is C30H30ClFN4O3. The SMILES string of the molecule is COCc1nc(N2CCN(C(=O)O)CC2)c2cc(Cl)c(-c3ccccc3F)nc2c1-c1ccccc1C(C)C. The van der Waals surface area contributed by atoms with Crippen molar-refractivity contribution in [3.8, 4) is 22.4 Å². The van der Waals surface area contributed by atoms with E-state index in [2.05, 4.69) is 30.9 Å². The second-order valence-corrected chi connectivity index (χ2v) is 10.3. The van der Waals surface area contributed by atoms with Gasteiger partial charge in [-0.2, -0.15) is 0 Å². The molecule has 4 aromatic rings. The fourth-order valence-corrected chi connectivity index (χ4v) is 5.43. The minimum Gasteiger partial charge on any atom is -0.465 e. The summed E-state index contributed by atoms with van der Waals surface area (Å²) in [5, 5.41) is 10.5. The number of hydrogen-bond donors (Lipinski definition) is 1. The highest BCUT2D eigenvalue weighted by molar-refractivity contribution is 6.34. The molecule has 1 fully saturated rings. The smallest absolute Gasteiger partial charge is 0.407 e. The van der Waals surface area contributed by atoms with Crippen molar-refractivity contribution in [3.05, 3.63) is 76.7 Å². The van der Waals surface area contributed by atoms with Crippen LogP contribution < -0.4 is 4.90 Å². The van der Waals surface area contributed by atoms with E-state index in [1.807, 2.05) is 12.1 Å². The predicted octanol–water partition coefficient (Wildman–Crippen LogP) is 6.83. The number of hydrogen-bond acceptors (Lipinski definition) is 5. The Morgan fingerprint density at radius 1 is 1.05 bits per heavy atom. The fourth-order valence-electron chi connectivity index (χ4n) is 5.18. The number of fused-ring (bicyclic) bond motifs is 1. The number of carboxylic acid groups (broad SMARTS) is 1. The second-order valence-electron chi connectivity index (χ2n) is 9.88. The van der Waals surface area contributed by atoms with E-state index in [0.29, 0.717) is 59.5 Å². The predicted molar refractivity (Wildman–Crippen MR) is 152 cm³/mol. The molecule has 0 atom stereocenters. The van der Waals surface area contributed by atoms with Crippen LogP contribution in [-0.2, 0) is 11.3 Å². The molecule has 1 saturated heterocycles. The second kappa shape index (κ2) is 11.2. The lowest BCUT2D eigenvalue weighted by atomic mass is 9.90. The van der Waals surface area contributed by atoms with Gasteiger partial charge < -0.3 is 19.6 Å². The Labute approximate surface area is 231 Å². The standard InChI is InChI=1S/C30H30ClFN4O3/c1-18(2)19-8-4-5-9-20(19)26-25(17-39-3)33-29(35-12-14-36(15-13-35)30(37)38)22-16-23(31)27(34-28(22)26)21-10-6-7-11-24(21)32/h4-11,16,18H,12-15,17H2,1-3H3,(H,37,38). The van der Waals surface area contributed by atoms with Crippen LogP contribution in [0.5, 0.6) is 0 Å². The molecule has 0 unspecified atom stereocenters. The number of nitrogens with zero attached hydrogens (tertiary/aromatic N) is 4. The Morgan fingerprint density at radius 2 is 1.72 bits per heavy atom. The summed E-state index contributed by atoms with van der Waals surface area (Å²) in [6.45, 7) is 6.14. The zero-order chi connectivity index (χ0) is 27.7. The lowest BCUT2D eigenvalue weighted by Gasteiger charge is -2.35. The maximum absolute atomic E-state index is 14.9. The Bertz CT molecular complexity index is 1540. The zero-order valence-electron chi connectivity index (χ0n) is 22.1. The number of pyridine rings is 2. The van der Waals surface area contributed by atoms with Crippen molar-refractivity contribution in [2.24, 2.45) is 0 Å². The molecule has 9 heteroatoms. The summed E-state index contributed by atoms with van der Waals surface area (Å²) < 4.78 is 20.5. The van der Waals surface area contributed by atoms with Gasteiger partial charge in [0.1, 0.15) is 11.6 Å². The third-order valence-electron chi connectivity index (χ3n) is 7.10. The fraction of sp³-hybridized carbons (Fsp3) is 0.300. The molecule has 3 heterocycles. The van der Waals surface area contributed by atoms with Crippen LogP contribution in [0.4, 0.5) is 15.0 Å². The van der Waals surface area contributed by atoms with Gasteiger partial charge in [-0.3, -0.25) is 0 Å². The van der Waals surface area contributed by atoms with E-state index in [9.17, 15) is 14.3 Å². The monoisotopic (exact) mass is 548 g/mol. The van der Waals surface area contributed by atoms with Gasteiger partial charge in [0.2, 0.25) is 0 Å². The van der Waals surface area contributed by atoms with Gasteiger partial charge in [-0.05, 0) is 35.2 Å². The maximum atomic E-state index is 14.9. The third-order valence-corrected chi connectivity index (χ3v) is 7.38. The first-order valence-electron chi connectivity index (χ1n) is 12.9. The normalized spacial score (nSPS) is 13.9. The van der Waals surface area contributed by atoms with E-state index in [0.717, 1.165) is 22.1 Å². The Balaban J connectivity index is 1.82. The third kappa shape index (κ3) is 5.14. The van der Waals surface area contributed by atoms with Crippen LogP contribution in [0.15, 0.2) is 54.6 Å². The lowest BCUT2D eigenvalue weighted by molar-refractivity contribution is 0.142. The van der Waals surface area contributed by atoms with Crippen LogP contribution in [0.2, 0.25) is 5.02 Å². The molecule has 0 saturated carbocycles. The number of piperazine rings is 1. The van der Waals surface area contributed by atoms with Crippen LogP contribution >= 0.6 is 11.6 Å². The first-order chi connectivity index (χ1) is 18.8. The van der Waals surface area contributed by atoms with Crippen molar-refractivity contribution < 1.29 is 19.0 Å². The van der Waals surface area contributed by atoms with Crippen molar-refractivity contribution in [3.63, 3.8) is 0 Å². The van der Waals surface area contributed by atoms with Crippen LogP contribution in [0.3, 0.4) is 0 Å². The van der Waals surface area contributed by atoms with Crippen molar-refractivity contribution in [2.45, 2.75) is 26.4 Å². The van der Waals surface area contributed by atoms with E-state index in [4.69, 9.17) is 26.3 Å². The van der Waals surface area contributed by atoms with E-state index >= 15 is 0 Å². The number of aromatic nitrogens is 2. The molecule has 7 nitrogen and oxygen atoms in total. The summed E-state index contributed by atoms with van der Waals surface area (Å²) in [6, 6.07) is 16.4. The molecule has 5 rings (SSSR count). The Morgan fingerprint density at radius 3 is 2.36 bits per heavy atom. The molecule has 1 amide bonds. The number of carbonyl (C=O) groups is 1. The summed E-state index contributed by atoms with van der Waals surface area (Å²) in [6.07, 6.45) is -0.938. The van der Waals surface area contributed by atoms with Crippen LogP contribution in [0, 0.1) is 5.82 Å². The number of anilines is 1. The number of amides is 1. The first-order valence-corrected chi connectivity index (χ1v) is 13.3. The number of rotatable bonds is 6. The molecule has 2 aromatic heterocycles. The summed E-state index contributed by atoms with van der Waals surface area (Å²) in [5.74, 6) is 0.475. The molecule has 39 heavy (non-hydrogen) atoms. The molecule has 2 aromatic carbocycles. The van der Waals surface area contributed by atoms with Crippen LogP contribution in [0.1, 0.15) is 31.0 Å². The summed E-state index contributed by atoms with van der Waals surface area (Å²) in [5.41, 5.74) is 4.93. The molecule has 0 aliphatic carbocycles. The highest BCUT2D eigenvalue weighted by atomic mass is 35.5. The molecular weight excluding hydrogens is 519 g/mol. The average molecular weight is 549 g/mol. The molecule has 0 bridgehead atoms. The van der Waals surface area contributed by atoms with E-state index in [1.54, 1.807) is 31.4 Å². The van der Waals surface area contributed by atoms with Crippen molar-refractivity contribution in [1.29, 1.82) is 0 Å². The largest absolute Gasteiger partial charge is 0.465 e. The van der Waals surface area contributed by atoms with Crippen molar-refractivity contribution in [2.75, 3.05) is 38.2 Å². The van der Waals surface area contributed by atoms with Crippen LogP contribution in [0.25, 0.3) is 33.3 Å². The van der Waals surface area contributed by atoms with Gasteiger partial charge in [0.15, 0.2) is 0 Å². The lowest BCUT2D eigenvalue weighted by Crippen LogP contribution is -2.48. The maximum Gasteiger partial charge on any atom is 0.407 e. The van der Waals surface area contributed by atoms with Gasteiger partial charge in [0.25, 0.3) is 0 Å². The minimum absolute atomic E-state index is 0.230. The highest BCUT2D eigenvalue weighted by Gasteiger charge is 2.27. The topological polar surface area (TPSA) is 78.8 Å². The van der Waals surface area contributed by atoms with Gasteiger partial charge in [-0.25, -0.2) is 19.2 Å². The Hall–Kier alpha value is -3.75. The summed E-state index contributed by atoms with van der Waals surface area (Å²) >= 11 is 6.78. The zero-order valence-corrected chi connectivity index (χ0v) is 22.9.